The summed E-state index contributed by atoms with van der Waals surface area (Å²) in [5, 5.41) is 11.3. The van der Waals surface area contributed by atoms with Crippen LogP contribution in [0.3, 0.4) is 0 Å². The van der Waals surface area contributed by atoms with Crippen LogP contribution in [-0.4, -0.2) is 58.0 Å². The molecule has 2 aromatic heterocycles. The molecule has 0 spiro atoms. The highest BCUT2D eigenvalue weighted by molar-refractivity contribution is 5.98. The molecule has 0 unspecified atom stereocenters. The standard InChI is InChI=1S/C20H24N6O/c1-4-15-5-7-17(8-6-15)26-19(16-9-11-21-12-10-16)18(23-24-26)20(27)22-13-14-25(2)3/h5-12H,4,13-14H2,1-3H3,(H,22,27). The molecule has 0 fully saturated rings. The number of pyridine rings is 1. The van der Waals surface area contributed by atoms with Crippen LogP contribution in [0.1, 0.15) is 23.0 Å². The third-order valence-electron chi connectivity index (χ3n) is 4.27. The number of hydrogen-bond acceptors (Lipinski definition) is 5. The van der Waals surface area contributed by atoms with E-state index >= 15 is 0 Å². The molecule has 0 bridgehead atoms. The molecule has 0 atom stereocenters. The van der Waals surface area contributed by atoms with Crippen LogP contribution in [0, 0.1) is 0 Å². The average molecular weight is 364 g/mol. The monoisotopic (exact) mass is 364 g/mol. The first-order valence-electron chi connectivity index (χ1n) is 8.98. The molecule has 0 saturated carbocycles. The van der Waals surface area contributed by atoms with Gasteiger partial charge in [-0.2, -0.15) is 0 Å². The van der Waals surface area contributed by atoms with Gasteiger partial charge in [-0.05, 0) is 50.3 Å². The third kappa shape index (κ3) is 4.38. The normalized spacial score (nSPS) is 11.0. The van der Waals surface area contributed by atoms with Crippen LogP contribution in [0.5, 0.6) is 0 Å². The van der Waals surface area contributed by atoms with E-state index < -0.39 is 0 Å². The molecular formula is C20H24N6O. The second-order valence-corrected chi connectivity index (χ2v) is 6.51. The number of likely N-dealkylation sites (N-methyl/N-ethyl adjacent to an activating group) is 1. The van der Waals surface area contributed by atoms with Gasteiger partial charge < -0.3 is 10.2 Å². The average Bonchev–Trinajstić information content (AvgIpc) is 3.13. The van der Waals surface area contributed by atoms with E-state index in [9.17, 15) is 4.79 Å². The Morgan fingerprint density at radius 2 is 1.81 bits per heavy atom. The van der Waals surface area contributed by atoms with Gasteiger partial charge in [0.15, 0.2) is 5.69 Å². The van der Waals surface area contributed by atoms with Crippen LogP contribution in [0.25, 0.3) is 16.9 Å². The Hall–Kier alpha value is -3.06. The summed E-state index contributed by atoms with van der Waals surface area (Å²) >= 11 is 0. The van der Waals surface area contributed by atoms with Crippen LogP contribution in [0.2, 0.25) is 0 Å². The number of carbonyl (C=O) groups excluding carboxylic acids is 1. The highest BCUT2D eigenvalue weighted by Crippen LogP contribution is 2.25. The molecule has 3 aromatic rings. The Morgan fingerprint density at radius 3 is 2.44 bits per heavy atom. The van der Waals surface area contributed by atoms with Crippen LogP contribution in [0.15, 0.2) is 48.8 Å². The first-order chi connectivity index (χ1) is 13.1. The van der Waals surface area contributed by atoms with Crippen LogP contribution >= 0.6 is 0 Å². The summed E-state index contributed by atoms with van der Waals surface area (Å²) in [6.45, 7) is 3.41. The zero-order valence-corrected chi connectivity index (χ0v) is 15.9. The van der Waals surface area contributed by atoms with E-state index in [0.717, 1.165) is 24.2 Å². The quantitative estimate of drug-likeness (QED) is 0.695. The molecule has 0 aliphatic heterocycles. The maximum absolute atomic E-state index is 12.7. The van der Waals surface area contributed by atoms with Crippen LogP contribution in [0.4, 0.5) is 0 Å². The fourth-order valence-corrected chi connectivity index (χ4v) is 2.73. The first kappa shape index (κ1) is 18.7. The zero-order valence-electron chi connectivity index (χ0n) is 15.9. The number of aryl methyl sites for hydroxylation is 1. The Bertz CT molecular complexity index is 887. The fraction of sp³-hybridized carbons (Fsp3) is 0.300. The van der Waals surface area contributed by atoms with Crippen molar-refractivity contribution < 1.29 is 4.79 Å². The second-order valence-electron chi connectivity index (χ2n) is 6.51. The largest absolute Gasteiger partial charge is 0.349 e. The molecule has 0 aliphatic rings. The van der Waals surface area contributed by atoms with E-state index in [0.29, 0.717) is 17.9 Å². The van der Waals surface area contributed by atoms with Crippen LogP contribution in [-0.2, 0) is 6.42 Å². The maximum atomic E-state index is 12.7. The lowest BCUT2D eigenvalue weighted by atomic mass is 10.1. The molecular weight excluding hydrogens is 340 g/mol. The van der Waals surface area contributed by atoms with Crippen molar-refractivity contribution in [3.63, 3.8) is 0 Å². The zero-order chi connectivity index (χ0) is 19.2. The molecule has 1 aromatic carbocycles. The highest BCUT2D eigenvalue weighted by atomic mass is 16.2. The number of carbonyl (C=O) groups is 1. The molecule has 0 radical (unpaired) electrons. The molecule has 0 aliphatic carbocycles. The Morgan fingerprint density at radius 1 is 1.11 bits per heavy atom. The molecule has 2 heterocycles. The summed E-state index contributed by atoms with van der Waals surface area (Å²) in [5.41, 5.74) is 3.90. The lowest BCUT2D eigenvalue weighted by molar-refractivity contribution is 0.0946. The lowest BCUT2D eigenvalue weighted by Gasteiger charge is -2.11. The van der Waals surface area contributed by atoms with Gasteiger partial charge in [0.05, 0.1) is 5.69 Å². The molecule has 7 nitrogen and oxygen atoms in total. The minimum absolute atomic E-state index is 0.236. The molecule has 0 saturated heterocycles. The van der Waals surface area contributed by atoms with Crippen molar-refractivity contribution in [3.8, 4) is 16.9 Å². The highest BCUT2D eigenvalue weighted by Gasteiger charge is 2.22. The molecule has 7 heteroatoms. The number of nitrogens with zero attached hydrogens (tertiary/aromatic N) is 5. The van der Waals surface area contributed by atoms with Gasteiger partial charge in [0.2, 0.25) is 0 Å². The minimum Gasteiger partial charge on any atom is -0.349 e. The van der Waals surface area contributed by atoms with Crippen molar-refractivity contribution in [3.05, 3.63) is 60.0 Å². The summed E-state index contributed by atoms with van der Waals surface area (Å²) in [7, 11) is 3.93. The number of nitrogens with one attached hydrogen (secondary N) is 1. The summed E-state index contributed by atoms with van der Waals surface area (Å²) in [5.74, 6) is -0.236. The topological polar surface area (TPSA) is 75.9 Å². The number of rotatable bonds is 7. The Balaban J connectivity index is 1.99. The predicted molar refractivity (Wildman–Crippen MR) is 105 cm³/mol. The molecule has 3 rings (SSSR count). The molecule has 1 N–H and O–H groups in total. The first-order valence-corrected chi connectivity index (χ1v) is 8.98. The van der Waals surface area contributed by atoms with Crippen molar-refractivity contribution in [2.24, 2.45) is 0 Å². The lowest BCUT2D eigenvalue weighted by Crippen LogP contribution is -2.31. The third-order valence-corrected chi connectivity index (χ3v) is 4.27. The van der Waals surface area contributed by atoms with Gasteiger partial charge in [-0.15, -0.1) is 5.10 Å². The second kappa shape index (κ2) is 8.55. The Labute approximate surface area is 159 Å². The van der Waals surface area contributed by atoms with Gasteiger partial charge in [0, 0.05) is 31.0 Å². The van der Waals surface area contributed by atoms with E-state index in [1.54, 1.807) is 17.1 Å². The molecule has 27 heavy (non-hydrogen) atoms. The molecule has 140 valence electrons. The van der Waals surface area contributed by atoms with Gasteiger partial charge in [-0.3, -0.25) is 9.78 Å². The van der Waals surface area contributed by atoms with Crippen molar-refractivity contribution in [2.45, 2.75) is 13.3 Å². The van der Waals surface area contributed by atoms with E-state index in [1.807, 2.05) is 43.3 Å². The van der Waals surface area contributed by atoms with E-state index in [4.69, 9.17) is 0 Å². The summed E-state index contributed by atoms with van der Waals surface area (Å²) in [6.07, 6.45) is 4.36. The number of amides is 1. The van der Waals surface area contributed by atoms with Crippen molar-refractivity contribution in [1.29, 1.82) is 0 Å². The summed E-state index contributed by atoms with van der Waals surface area (Å²) in [6, 6.07) is 11.8. The van der Waals surface area contributed by atoms with Crippen molar-refractivity contribution in [2.75, 3.05) is 27.2 Å². The van der Waals surface area contributed by atoms with Gasteiger partial charge in [0.1, 0.15) is 5.69 Å². The van der Waals surface area contributed by atoms with Crippen molar-refractivity contribution >= 4 is 5.91 Å². The number of hydrogen-bond donors (Lipinski definition) is 1. The summed E-state index contributed by atoms with van der Waals surface area (Å²) in [4.78, 5) is 18.8. The van der Waals surface area contributed by atoms with Crippen LogP contribution < -0.4 is 5.32 Å². The van der Waals surface area contributed by atoms with Gasteiger partial charge >= 0.3 is 0 Å². The fourth-order valence-electron chi connectivity index (χ4n) is 2.73. The minimum atomic E-state index is -0.236. The Kier molecular flexibility index (Phi) is 5.93. The number of benzene rings is 1. The van der Waals surface area contributed by atoms with E-state index in [1.165, 1.54) is 5.56 Å². The SMILES string of the molecule is CCc1ccc(-n2nnc(C(=O)NCCN(C)C)c2-c2ccncc2)cc1. The predicted octanol–water partition coefficient (Wildman–Crippen LogP) is 2.18. The van der Waals surface area contributed by atoms with Gasteiger partial charge in [0.25, 0.3) is 5.91 Å². The maximum Gasteiger partial charge on any atom is 0.274 e. The van der Waals surface area contributed by atoms with Gasteiger partial charge in [-0.25, -0.2) is 4.68 Å². The van der Waals surface area contributed by atoms with Gasteiger partial charge in [-0.1, -0.05) is 24.3 Å². The summed E-state index contributed by atoms with van der Waals surface area (Å²) < 4.78 is 1.70. The van der Waals surface area contributed by atoms with E-state index in [2.05, 4.69) is 39.7 Å². The van der Waals surface area contributed by atoms with E-state index in [-0.39, 0.29) is 5.91 Å². The smallest absolute Gasteiger partial charge is 0.274 e. The van der Waals surface area contributed by atoms with Crippen molar-refractivity contribution in [1.82, 2.24) is 30.2 Å². The molecule has 1 amide bonds. The number of aromatic nitrogens is 4.